The van der Waals surface area contributed by atoms with Crippen LogP contribution in [0.5, 0.6) is 0 Å². The monoisotopic (exact) mass is 367 g/mol. The van der Waals surface area contributed by atoms with E-state index in [1.807, 2.05) is 12.1 Å². The fourth-order valence-electron chi connectivity index (χ4n) is 3.67. The molecule has 4 rings (SSSR count). The van der Waals surface area contributed by atoms with Crippen LogP contribution in [-0.2, 0) is 17.8 Å². The molecule has 1 aliphatic rings. The van der Waals surface area contributed by atoms with Gasteiger partial charge in [0.05, 0.1) is 13.2 Å². The lowest BCUT2D eigenvalue weighted by Gasteiger charge is -2.26. The van der Waals surface area contributed by atoms with Crippen LogP contribution in [0.4, 0.5) is 4.39 Å². The van der Waals surface area contributed by atoms with Crippen LogP contribution in [0.15, 0.2) is 54.7 Å². The second kappa shape index (κ2) is 8.65. The maximum atomic E-state index is 13.2. The van der Waals surface area contributed by atoms with Gasteiger partial charge in [0.1, 0.15) is 5.82 Å². The predicted molar refractivity (Wildman–Crippen MR) is 106 cm³/mol. The van der Waals surface area contributed by atoms with E-state index in [9.17, 15) is 4.39 Å². The highest BCUT2D eigenvalue weighted by molar-refractivity contribution is 5.84. The minimum Gasteiger partial charge on any atom is -0.379 e. The molecule has 2 heterocycles. The normalized spacial score (nSPS) is 15.4. The van der Waals surface area contributed by atoms with Gasteiger partial charge in [-0.3, -0.25) is 4.90 Å². The molecule has 1 saturated heterocycles. The number of hydrogen-bond donors (Lipinski definition) is 1. The van der Waals surface area contributed by atoms with Gasteiger partial charge in [0.2, 0.25) is 0 Å². The summed E-state index contributed by atoms with van der Waals surface area (Å²) in [5.41, 5.74) is 3.62. The Labute approximate surface area is 159 Å². The average molecular weight is 367 g/mol. The quantitative estimate of drug-likeness (QED) is 0.650. The molecule has 2 aromatic carbocycles. The molecule has 3 aromatic rings. The largest absolute Gasteiger partial charge is 0.379 e. The third kappa shape index (κ3) is 4.56. The number of benzene rings is 2. The Bertz CT molecular complexity index is 869. The molecule has 0 unspecified atom stereocenters. The summed E-state index contributed by atoms with van der Waals surface area (Å²) in [6.45, 7) is 7.36. The zero-order valence-corrected chi connectivity index (χ0v) is 15.5. The minimum atomic E-state index is -0.193. The van der Waals surface area contributed by atoms with Crippen LogP contribution in [0, 0.1) is 5.82 Å². The highest BCUT2D eigenvalue weighted by Crippen LogP contribution is 2.22. The molecule has 1 aromatic heterocycles. The summed E-state index contributed by atoms with van der Waals surface area (Å²) in [4.78, 5) is 2.44. The summed E-state index contributed by atoms with van der Waals surface area (Å²) < 4.78 is 20.8. The van der Waals surface area contributed by atoms with Crippen LogP contribution in [0.1, 0.15) is 11.1 Å². The van der Waals surface area contributed by atoms with E-state index in [1.165, 1.54) is 28.6 Å². The molecule has 27 heavy (non-hydrogen) atoms. The third-order valence-corrected chi connectivity index (χ3v) is 5.16. The van der Waals surface area contributed by atoms with Gasteiger partial charge < -0.3 is 14.6 Å². The van der Waals surface area contributed by atoms with Gasteiger partial charge in [0, 0.05) is 56.4 Å². The molecule has 1 N–H and O–H groups in total. The van der Waals surface area contributed by atoms with Crippen LogP contribution >= 0.6 is 0 Å². The lowest BCUT2D eigenvalue weighted by Crippen LogP contribution is -2.40. The Morgan fingerprint density at radius 1 is 1.00 bits per heavy atom. The number of ether oxygens (including phenoxy) is 1. The second-order valence-corrected chi connectivity index (χ2v) is 7.06. The van der Waals surface area contributed by atoms with Crippen LogP contribution in [0.3, 0.4) is 0 Å². The van der Waals surface area contributed by atoms with Gasteiger partial charge in [-0.05, 0) is 29.3 Å². The summed E-state index contributed by atoms with van der Waals surface area (Å²) in [7, 11) is 0. The van der Waals surface area contributed by atoms with E-state index in [0.717, 1.165) is 58.0 Å². The van der Waals surface area contributed by atoms with Crippen LogP contribution in [0.2, 0.25) is 0 Å². The molecule has 0 atom stereocenters. The molecule has 4 nitrogen and oxygen atoms in total. The molecule has 0 amide bonds. The van der Waals surface area contributed by atoms with Crippen molar-refractivity contribution in [3.63, 3.8) is 0 Å². The van der Waals surface area contributed by atoms with Gasteiger partial charge in [-0.2, -0.15) is 0 Å². The van der Waals surface area contributed by atoms with Crippen molar-refractivity contribution < 1.29 is 9.13 Å². The first-order valence-electron chi connectivity index (χ1n) is 9.61. The van der Waals surface area contributed by atoms with E-state index in [-0.39, 0.29) is 5.82 Å². The number of fused-ring (bicyclic) bond motifs is 1. The molecule has 1 fully saturated rings. The smallest absolute Gasteiger partial charge is 0.123 e. The maximum Gasteiger partial charge on any atom is 0.123 e. The molecule has 1 aliphatic heterocycles. The summed E-state index contributed by atoms with van der Waals surface area (Å²) in [6.07, 6.45) is 2.22. The summed E-state index contributed by atoms with van der Waals surface area (Å²) in [5, 5.41) is 4.86. The fraction of sp³-hybridized carbons (Fsp3) is 0.364. The van der Waals surface area contributed by atoms with E-state index < -0.39 is 0 Å². The molecular weight excluding hydrogens is 341 g/mol. The molecule has 142 valence electrons. The average Bonchev–Trinajstić information content (AvgIpc) is 3.06. The van der Waals surface area contributed by atoms with Crippen molar-refractivity contribution in [3.05, 3.63) is 71.7 Å². The zero-order valence-electron chi connectivity index (χ0n) is 15.5. The molecule has 0 aliphatic carbocycles. The SMILES string of the molecule is Fc1ccc(Cn2cc(CNCCN3CCOCC3)c3ccccc32)cc1. The standard InChI is InChI=1S/C22H26FN3O/c23-20-7-5-18(6-8-20)16-26-17-19(21-3-1-2-4-22(21)26)15-24-9-10-25-11-13-27-14-12-25/h1-8,17,24H,9-16H2. The van der Waals surface area contributed by atoms with Gasteiger partial charge in [-0.1, -0.05) is 30.3 Å². The third-order valence-electron chi connectivity index (χ3n) is 5.16. The Hall–Kier alpha value is -2.21. The van der Waals surface area contributed by atoms with Crippen LogP contribution in [0.25, 0.3) is 10.9 Å². The van der Waals surface area contributed by atoms with Gasteiger partial charge in [-0.25, -0.2) is 4.39 Å². The molecule has 0 radical (unpaired) electrons. The van der Waals surface area contributed by atoms with Crippen molar-refractivity contribution in [1.82, 2.24) is 14.8 Å². The first-order valence-corrected chi connectivity index (χ1v) is 9.61. The number of para-hydroxylation sites is 1. The second-order valence-electron chi connectivity index (χ2n) is 7.06. The molecular formula is C22H26FN3O. The number of hydrogen-bond acceptors (Lipinski definition) is 3. The summed E-state index contributed by atoms with van der Waals surface area (Å²) in [6, 6.07) is 15.2. The van der Waals surface area contributed by atoms with E-state index in [1.54, 1.807) is 0 Å². The Balaban J connectivity index is 1.42. The molecule has 0 bridgehead atoms. The molecule has 5 heteroatoms. The number of aromatic nitrogens is 1. The van der Waals surface area contributed by atoms with Gasteiger partial charge in [0.25, 0.3) is 0 Å². The van der Waals surface area contributed by atoms with Crippen LogP contribution in [-0.4, -0.2) is 48.9 Å². The van der Waals surface area contributed by atoms with E-state index in [0.29, 0.717) is 0 Å². The van der Waals surface area contributed by atoms with Crippen molar-refractivity contribution in [2.24, 2.45) is 0 Å². The Kier molecular flexibility index (Phi) is 5.82. The highest BCUT2D eigenvalue weighted by Gasteiger charge is 2.11. The maximum absolute atomic E-state index is 13.2. The number of halogens is 1. The van der Waals surface area contributed by atoms with E-state index >= 15 is 0 Å². The van der Waals surface area contributed by atoms with Crippen molar-refractivity contribution >= 4 is 10.9 Å². The topological polar surface area (TPSA) is 29.4 Å². The first-order chi connectivity index (χ1) is 13.3. The van der Waals surface area contributed by atoms with Gasteiger partial charge >= 0.3 is 0 Å². The Morgan fingerprint density at radius 2 is 1.78 bits per heavy atom. The van der Waals surface area contributed by atoms with Gasteiger partial charge in [0.15, 0.2) is 0 Å². The zero-order chi connectivity index (χ0) is 18.5. The molecule has 0 spiro atoms. The summed E-state index contributed by atoms with van der Waals surface area (Å²) in [5.74, 6) is -0.193. The molecule has 0 saturated carbocycles. The number of nitrogens with zero attached hydrogens (tertiary/aromatic N) is 2. The van der Waals surface area contributed by atoms with Crippen LogP contribution < -0.4 is 5.32 Å². The lowest BCUT2D eigenvalue weighted by atomic mass is 10.2. The minimum absolute atomic E-state index is 0.193. The van der Waals surface area contributed by atoms with Crippen molar-refractivity contribution in [2.75, 3.05) is 39.4 Å². The highest BCUT2D eigenvalue weighted by atomic mass is 19.1. The van der Waals surface area contributed by atoms with Crippen molar-refractivity contribution in [3.8, 4) is 0 Å². The van der Waals surface area contributed by atoms with Crippen molar-refractivity contribution in [1.29, 1.82) is 0 Å². The van der Waals surface area contributed by atoms with E-state index in [2.05, 4.69) is 45.2 Å². The van der Waals surface area contributed by atoms with Gasteiger partial charge in [-0.15, -0.1) is 0 Å². The number of nitrogens with one attached hydrogen (secondary N) is 1. The van der Waals surface area contributed by atoms with Crippen molar-refractivity contribution in [2.45, 2.75) is 13.1 Å². The van der Waals surface area contributed by atoms with E-state index in [4.69, 9.17) is 4.74 Å². The first kappa shape index (κ1) is 18.2. The Morgan fingerprint density at radius 3 is 2.59 bits per heavy atom. The number of rotatable bonds is 7. The lowest BCUT2D eigenvalue weighted by molar-refractivity contribution is 0.0384. The summed E-state index contributed by atoms with van der Waals surface area (Å²) >= 11 is 0. The predicted octanol–water partition coefficient (Wildman–Crippen LogP) is 3.25. The fourth-order valence-corrected chi connectivity index (χ4v) is 3.67. The number of morpholine rings is 1.